The normalized spacial score (nSPS) is 12.8. The third kappa shape index (κ3) is 4.07. The van der Waals surface area contributed by atoms with Crippen molar-refractivity contribution < 1.29 is 18.0 Å². The maximum atomic E-state index is 12.5. The molecule has 0 saturated carbocycles. The molecule has 0 heterocycles. The molecule has 0 aliphatic carbocycles. The van der Waals surface area contributed by atoms with E-state index in [0.29, 0.717) is 11.1 Å². The number of rotatable bonds is 3. The number of amides is 1. The second-order valence-electron chi connectivity index (χ2n) is 4.37. The van der Waals surface area contributed by atoms with E-state index in [1.54, 1.807) is 54.6 Å². The fourth-order valence-electron chi connectivity index (χ4n) is 1.87. The summed E-state index contributed by atoms with van der Waals surface area (Å²) in [6.07, 6.45) is -4.91. The molecule has 0 aliphatic rings. The Balaban J connectivity index is 2.36. The predicted octanol–water partition coefficient (Wildman–Crippen LogP) is 4.22. The summed E-state index contributed by atoms with van der Waals surface area (Å²) in [4.78, 5) is 11.2. The van der Waals surface area contributed by atoms with Crippen molar-refractivity contribution in [2.24, 2.45) is 0 Å². The van der Waals surface area contributed by atoms with Crippen LogP contribution >= 0.6 is 15.9 Å². The Hall–Kier alpha value is -1.82. The first-order valence-electron chi connectivity index (χ1n) is 6.06. The number of hydrogen-bond acceptors (Lipinski definition) is 1. The summed E-state index contributed by atoms with van der Waals surface area (Å²) in [5.41, 5.74) is 1.15. The van der Waals surface area contributed by atoms with Gasteiger partial charge < -0.3 is 5.32 Å². The van der Waals surface area contributed by atoms with Crippen LogP contribution in [0.3, 0.4) is 0 Å². The molecular formula is C15H11BrF3NO. The molecule has 0 fully saturated rings. The third-order valence-electron chi connectivity index (χ3n) is 2.87. The van der Waals surface area contributed by atoms with E-state index >= 15 is 0 Å². The molecular weight excluding hydrogens is 347 g/mol. The first-order chi connectivity index (χ1) is 9.88. The fraction of sp³-hybridized carbons (Fsp3) is 0.133. The lowest BCUT2D eigenvalue weighted by atomic mass is 9.99. The number of carbonyl (C=O) groups is 1. The minimum Gasteiger partial charge on any atom is -0.337 e. The predicted molar refractivity (Wildman–Crippen MR) is 76.6 cm³/mol. The number of nitrogens with one attached hydrogen (secondary N) is 1. The van der Waals surface area contributed by atoms with Gasteiger partial charge in [0, 0.05) is 4.47 Å². The zero-order chi connectivity index (χ0) is 15.5. The van der Waals surface area contributed by atoms with Gasteiger partial charge in [-0.05, 0) is 23.3 Å². The fourth-order valence-corrected chi connectivity index (χ4v) is 2.14. The van der Waals surface area contributed by atoms with Crippen molar-refractivity contribution in [3.05, 3.63) is 70.2 Å². The lowest BCUT2D eigenvalue weighted by Crippen LogP contribution is -2.39. The summed E-state index contributed by atoms with van der Waals surface area (Å²) in [6.45, 7) is 0. The summed E-state index contributed by atoms with van der Waals surface area (Å²) in [5.74, 6) is -1.96. The highest BCUT2D eigenvalue weighted by molar-refractivity contribution is 9.10. The highest BCUT2D eigenvalue weighted by Gasteiger charge is 2.40. The van der Waals surface area contributed by atoms with E-state index in [0.717, 1.165) is 4.47 Å². The van der Waals surface area contributed by atoms with E-state index in [9.17, 15) is 18.0 Å². The van der Waals surface area contributed by atoms with Gasteiger partial charge in [-0.15, -0.1) is 0 Å². The second kappa shape index (κ2) is 6.30. The molecule has 110 valence electrons. The highest BCUT2D eigenvalue weighted by Crippen LogP contribution is 2.25. The standard InChI is InChI=1S/C15H11BrF3NO/c16-12-8-6-11(7-9-12)13(10-4-2-1-3-5-10)20-14(21)15(17,18)19/h1-9,13H,(H,20,21)/t13-/m0/s1. The molecule has 0 spiro atoms. The Kier molecular flexibility index (Phi) is 4.67. The van der Waals surface area contributed by atoms with Gasteiger partial charge in [-0.3, -0.25) is 4.79 Å². The minimum absolute atomic E-state index is 0.571. The molecule has 2 aromatic rings. The van der Waals surface area contributed by atoms with Crippen LogP contribution in [0.25, 0.3) is 0 Å². The molecule has 2 aromatic carbocycles. The molecule has 2 nitrogen and oxygen atoms in total. The smallest absolute Gasteiger partial charge is 0.337 e. The zero-order valence-electron chi connectivity index (χ0n) is 10.7. The number of alkyl halides is 3. The van der Waals surface area contributed by atoms with Gasteiger partial charge in [-0.1, -0.05) is 58.4 Å². The highest BCUT2D eigenvalue weighted by atomic mass is 79.9. The molecule has 0 radical (unpaired) electrons. The zero-order valence-corrected chi connectivity index (χ0v) is 12.3. The molecule has 0 bridgehead atoms. The molecule has 1 amide bonds. The van der Waals surface area contributed by atoms with E-state index in [4.69, 9.17) is 0 Å². The summed E-state index contributed by atoms with van der Waals surface area (Å²) in [5, 5.41) is 2.03. The maximum absolute atomic E-state index is 12.5. The van der Waals surface area contributed by atoms with Gasteiger partial charge >= 0.3 is 12.1 Å². The molecule has 1 N–H and O–H groups in total. The van der Waals surface area contributed by atoms with Gasteiger partial charge in [-0.25, -0.2) is 0 Å². The number of carbonyl (C=O) groups excluding carboxylic acids is 1. The third-order valence-corrected chi connectivity index (χ3v) is 3.40. The number of hydrogen-bond donors (Lipinski definition) is 1. The van der Waals surface area contributed by atoms with Crippen molar-refractivity contribution in [3.8, 4) is 0 Å². The van der Waals surface area contributed by atoms with Crippen molar-refractivity contribution in [2.75, 3.05) is 0 Å². The number of halogens is 4. The van der Waals surface area contributed by atoms with Crippen molar-refractivity contribution in [3.63, 3.8) is 0 Å². The van der Waals surface area contributed by atoms with E-state index in [1.807, 2.05) is 5.32 Å². The summed E-state index contributed by atoms with van der Waals surface area (Å²) in [7, 11) is 0. The Labute approximate surface area is 128 Å². The van der Waals surface area contributed by atoms with Crippen LogP contribution in [0.2, 0.25) is 0 Å². The van der Waals surface area contributed by atoms with Crippen LogP contribution in [-0.4, -0.2) is 12.1 Å². The molecule has 6 heteroatoms. The molecule has 2 rings (SSSR count). The average Bonchev–Trinajstić information content (AvgIpc) is 2.45. The quantitative estimate of drug-likeness (QED) is 0.875. The van der Waals surface area contributed by atoms with Crippen molar-refractivity contribution in [1.82, 2.24) is 5.32 Å². The van der Waals surface area contributed by atoms with E-state index in [1.165, 1.54) is 0 Å². The Morgan fingerprint density at radius 1 is 0.952 bits per heavy atom. The van der Waals surface area contributed by atoms with E-state index in [-0.39, 0.29) is 0 Å². The lowest BCUT2D eigenvalue weighted by Gasteiger charge is -2.20. The van der Waals surface area contributed by atoms with Crippen LogP contribution in [0.5, 0.6) is 0 Å². The molecule has 0 unspecified atom stereocenters. The van der Waals surface area contributed by atoms with Gasteiger partial charge in [0.1, 0.15) is 0 Å². The summed E-state index contributed by atoms with van der Waals surface area (Å²) < 4.78 is 38.3. The van der Waals surface area contributed by atoms with Crippen LogP contribution < -0.4 is 5.32 Å². The van der Waals surface area contributed by atoms with Gasteiger partial charge in [0.25, 0.3) is 0 Å². The van der Waals surface area contributed by atoms with Crippen molar-refractivity contribution >= 4 is 21.8 Å². The molecule has 0 aromatic heterocycles. The van der Waals surface area contributed by atoms with Crippen LogP contribution in [0.4, 0.5) is 13.2 Å². The van der Waals surface area contributed by atoms with Gasteiger partial charge in [-0.2, -0.15) is 13.2 Å². The molecule has 0 aliphatic heterocycles. The maximum Gasteiger partial charge on any atom is 0.471 e. The monoisotopic (exact) mass is 357 g/mol. The first-order valence-corrected chi connectivity index (χ1v) is 6.85. The molecule has 0 saturated heterocycles. The largest absolute Gasteiger partial charge is 0.471 e. The first kappa shape index (κ1) is 15.6. The summed E-state index contributed by atoms with van der Waals surface area (Å²) >= 11 is 3.27. The van der Waals surface area contributed by atoms with E-state index in [2.05, 4.69) is 15.9 Å². The van der Waals surface area contributed by atoms with Crippen molar-refractivity contribution in [2.45, 2.75) is 12.2 Å². The summed E-state index contributed by atoms with van der Waals surface area (Å²) in [6, 6.07) is 14.4. The van der Waals surface area contributed by atoms with Crippen molar-refractivity contribution in [1.29, 1.82) is 0 Å². The molecule has 1 atom stereocenters. The Bertz CT molecular complexity index is 611. The second-order valence-corrected chi connectivity index (χ2v) is 5.28. The minimum atomic E-state index is -4.91. The Morgan fingerprint density at radius 2 is 1.48 bits per heavy atom. The Morgan fingerprint density at radius 3 is 2.00 bits per heavy atom. The SMILES string of the molecule is O=C(N[C@@H](c1ccccc1)c1ccc(Br)cc1)C(F)(F)F. The topological polar surface area (TPSA) is 29.1 Å². The van der Waals surface area contributed by atoms with Gasteiger partial charge in [0.2, 0.25) is 0 Å². The van der Waals surface area contributed by atoms with Gasteiger partial charge in [0.15, 0.2) is 0 Å². The number of benzene rings is 2. The average molecular weight is 358 g/mol. The molecule has 21 heavy (non-hydrogen) atoms. The van der Waals surface area contributed by atoms with Crippen LogP contribution in [0.15, 0.2) is 59.1 Å². The van der Waals surface area contributed by atoms with Crippen LogP contribution in [-0.2, 0) is 4.79 Å². The van der Waals surface area contributed by atoms with Crippen LogP contribution in [0.1, 0.15) is 17.2 Å². The lowest BCUT2D eigenvalue weighted by molar-refractivity contribution is -0.174. The van der Waals surface area contributed by atoms with Crippen LogP contribution in [0, 0.1) is 0 Å². The van der Waals surface area contributed by atoms with E-state index < -0.39 is 18.1 Å². The van der Waals surface area contributed by atoms with Gasteiger partial charge in [0.05, 0.1) is 6.04 Å².